The van der Waals surface area contributed by atoms with Gasteiger partial charge in [0, 0.05) is 18.9 Å². The van der Waals surface area contributed by atoms with E-state index in [1.165, 1.54) is 12.8 Å². The first-order valence-electron chi connectivity index (χ1n) is 7.59. The molecule has 0 heterocycles. The van der Waals surface area contributed by atoms with Gasteiger partial charge in [0.05, 0.1) is 0 Å². The van der Waals surface area contributed by atoms with Crippen LogP contribution in [0.15, 0.2) is 0 Å². The molecule has 0 aromatic rings. The Kier molecular flexibility index (Phi) is 6.54. The minimum absolute atomic E-state index is 0.0850. The molecule has 1 aliphatic carbocycles. The predicted molar refractivity (Wildman–Crippen MR) is 73.1 cm³/mol. The van der Waals surface area contributed by atoms with E-state index in [0.717, 1.165) is 13.0 Å². The van der Waals surface area contributed by atoms with Gasteiger partial charge in [-0.15, -0.1) is 0 Å². The molecule has 1 nitrogen and oxygen atoms in total. The fraction of sp³-hybridized carbons (Fsp3) is 1.00. The zero-order chi connectivity index (χ0) is 13.6. The average molecular weight is 261 g/mol. The molecular weight excluding hydrogens is 232 g/mol. The van der Waals surface area contributed by atoms with E-state index < -0.39 is 5.92 Å². The molecule has 0 radical (unpaired) electrons. The molecule has 0 spiro atoms. The second kappa shape index (κ2) is 7.42. The van der Waals surface area contributed by atoms with Gasteiger partial charge in [-0.1, -0.05) is 33.6 Å². The van der Waals surface area contributed by atoms with Gasteiger partial charge in [0.15, 0.2) is 0 Å². The van der Waals surface area contributed by atoms with Crippen LogP contribution < -0.4 is 5.32 Å². The summed E-state index contributed by atoms with van der Waals surface area (Å²) in [6, 6.07) is 0.438. The van der Waals surface area contributed by atoms with Gasteiger partial charge in [-0.3, -0.25) is 0 Å². The van der Waals surface area contributed by atoms with Gasteiger partial charge in [0.2, 0.25) is 5.92 Å². The summed E-state index contributed by atoms with van der Waals surface area (Å²) in [4.78, 5) is 0. The SMILES string of the molecule is CCCC(C)CC(NCC)C1CCC(F)(F)CC1. The van der Waals surface area contributed by atoms with Crippen LogP contribution in [0, 0.1) is 11.8 Å². The lowest BCUT2D eigenvalue weighted by molar-refractivity contribution is -0.0502. The third-order valence-electron chi connectivity index (χ3n) is 4.23. The third kappa shape index (κ3) is 5.21. The summed E-state index contributed by atoms with van der Waals surface area (Å²) in [5.41, 5.74) is 0. The van der Waals surface area contributed by atoms with Gasteiger partial charge in [0.1, 0.15) is 0 Å². The normalized spacial score (nSPS) is 23.8. The number of rotatable bonds is 7. The highest BCUT2D eigenvalue weighted by atomic mass is 19.3. The molecule has 2 unspecified atom stereocenters. The standard InChI is InChI=1S/C15H29F2N/c1-4-6-12(3)11-14(18-5-2)13-7-9-15(16,17)10-8-13/h12-14,18H,4-11H2,1-3H3. The highest BCUT2D eigenvalue weighted by Gasteiger charge is 2.37. The molecule has 0 saturated heterocycles. The van der Waals surface area contributed by atoms with Crippen molar-refractivity contribution in [3.8, 4) is 0 Å². The molecule has 108 valence electrons. The first-order chi connectivity index (χ1) is 8.48. The Morgan fingerprint density at radius 3 is 2.33 bits per heavy atom. The van der Waals surface area contributed by atoms with E-state index >= 15 is 0 Å². The predicted octanol–water partition coefficient (Wildman–Crippen LogP) is 4.62. The van der Waals surface area contributed by atoms with Gasteiger partial charge in [-0.05, 0) is 37.6 Å². The molecule has 0 aromatic heterocycles. The van der Waals surface area contributed by atoms with Crippen molar-refractivity contribution in [2.45, 2.75) is 77.7 Å². The zero-order valence-electron chi connectivity index (χ0n) is 12.1. The Labute approximate surface area is 111 Å². The van der Waals surface area contributed by atoms with Gasteiger partial charge < -0.3 is 5.32 Å². The highest BCUT2D eigenvalue weighted by molar-refractivity contribution is 4.85. The summed E-state index contributed by atoms with van der Waals surface area (Å²) in [7, 11) is 0. The lowest BCUT2D eigenvalue weighted by atomic mass is 9.79. The molecule has 3 heteroatoms. The molecule has 0 bridgehead atoms. The van der Waals surface area contributed by atoms with Gasteiger partial charge in [0.25, 0.3) is 0 Å². The maximum atomic E-state index is 13.2. The lowest BCUT2D eigenvalue weighted by Gasteiger charge is -2.35. The molecular formula is C15H29F2N. The van der Waals surface area contributed by atoms with Gasteiger partial charge in [-0.25, -0.2) is 8.78 Å². The summed E-state index contributed by atoms with van der Waals surface area (Å²) in [5.74, 6) is -1.26. The Bertz CT molecular complexity index is 221. The van der Waals surface area contributed by atoms with E-state index in [1.807, 2.05) is 0 Å². The molecule has 18 heavy (non-hydrogen) atoms. The van der Waals surface area contributed by atoms with Crippen LogP contribution in [0.1, 0.15) is 65.7 Å². The fourth-order valence-electron chi connectivity index (χ4n) is 3.21. The monoisotopic (exact) mass is 261 g/mol. The van der Waals surface area contributed by atoms with Crippen LogP contribution in [0.4, 0.5) is 8.78 Å². The van der Waals surface area contributed by atoms with Crippen LogP contribution in [-0.4, -0.2) is 18.5 Å². The summed E-state index contributed by atoms with van der Waals surface area (Å²) in [5, 5.41) is 3.52. The summed E-state index contributed by atoms with van der Waals surface area (Å²) in [6.45, 7) is 7.54. The Morgan fingerprint density at radius 2 is 1.83 bits per heavy atom. The van der Waals surface area contributed by atoms with E-state index in [-0.39, 0.29) is 12.8 Å². The summed E-state index contributed by atoms with van der Waals surface area (Å²) < 4.78 is 26.4. The molecule has 0 aliphatic heterocycles. The van der Waals surface area contributed by atoms with Crippen LogP contribution in [0.25, 0.3) is 0 Å². The van der Waals surface area contributed by atoms with E-state index in [9.17, 15) is 8.78 Å². The van der Waals surface area contributed by atoms with Crippen LogP contribution in [0.3, 0.4) is 0 Å². The van der Waals surface area contributed by atoms with Crippen molar-refractivity contribution < 1.29 is 8.78 Å². The molecule has 0 amide bonds. The fourth-order valence-corrected chi connectivity index (χ4v) is 3.21. The molecule has 2 atom stereocenters. The smallest absolute Gasteiger partial charge is 0.248 e. The maximum Gasteiger partial charge on any atom is 0.248 e. The Hall–Kier alpha value is -0.180. The molecule has 1 aliphatic rings. The number of alkyl halides is 2. The van der Waals surface area contributed by atoms with Crippen LogP contribution in [0.2, 0.25) is 0 Å². The zero-order valence-corrected chi connectivity index (χ0v) is 12.1. The molecule has 1 rings (SSSR count). The number of halogens is 2. The molecule has 1 fully saturated rings. The van der Waals surface area contributed by atoms with Crippen molar-refractivity contribution in [2.24, 2.45) is 11.8 Å². The second-order valence-corrected chi connectivity index (χ2v) is 5.99. The van der Waals surface area contributed by atoms with Crippen molar-refractivity contribution in [2.75, 3.05) is 6.54 Å². The quantitative estimate of drug-likeness (QED) is 0.705. The van der Waals surface area contributed by atoms with Crippen molar-refractivity contribution >= 4 is 0 Å². The van der Waals surface area contributed by atoms with Crippen molar-refractivity contribution in [1.29, 1.82) is 0 Å². The number of hydrogen-bond acceptors (Lipinski definition) is 1. The van der Waals surface area contributed by atoms with Crippen molar-refractivity contribution in [3.63, 3.8) is 0 Å². The molecule has 1 N–H and O–H groups in total. The topological polar surface area (TPSA) is 12.0 Å². The lowest BCUT2D eigenvalue weighted by Crippen LogP contribution is -2.41. The number of hydrogen-bond donors (Lipinski definition) is 1. The van der Waals surface area contributed by atoms with Gasteiger partial charge >= 0.3 is 0 Å². The van der Waals surface area contributed by atoms with Crippen LogP contribution >= 0.6 is 0 Å². The van der Waals surface area contributed by atoms with Crippen molar-refractivity contribution in [3.05, 3.63) is 0 Å². The van der Waals surface area contributed by atoms with Gasteiger partial charge in [-0.2, -0.15) is 0 Å². The minimum atomic E-state index is -2.40. The average Bonchev–Trinajstić information content (AvgIpc) is 2.29. The highest BCUT2D eigenvalue weighted by Crippen LogP contribution is 2.38. The number of nitrogens with one attached hydrogen (secondary N) is 1. The Balaban J connectivity index is 2.46. The maximum absolute atomic E-state index is 13.2. The van der Waals surface area contributed by atoms with E-state index in [2.05, 4.69) is 26.1 Å². The summed E-state index contributed by atoms with van der Waals surface area (Å²) >= 11 is 0. The third-order valence-corrected chi connectivity index (χ3v) is 4.23. The van der Waals surface area contributed by atoms with E-state index in [4.69, 9.17) is 0 Å². The second-order valence-electron chi connectivity index (χ2n) is 5.99. The first kappa shape index (κ1) is 15.9. The van der Waals surface area contributed by atoms with E-state index in [0.29, 0.717) is 30.7 Å². The first-order valence-corrected chi connectivity index (χ1v) is 7.59. The molecule has 1 saturated carbocycles. The largest absolute Gasteiger partial charge is 0.314 e. The molecule has 0 aromatic carbocycles. The minimum Gasteiger partial charge on any atom is -0.314 e. The van der Waals surface area contributed by atoms with E-state index in [1.54, 1.807) is 0 Å². The van der Waals surface area contributed by atoms with Crippen LogP contribution in [0.5, 0.6) is 0 Å². The summed E-state index contributed by atoms with van der Waals surface area (Å²) in [6.07, 6.45) is 5.13. The van der Waals surface area contributed by atoms with Crippen LogP contribution in [-0.2, 0) is 0 Å². The Morgan fingerprint density at radius 1 is 1.22 bits per heavy atom. The van der Waals surface area contributed by atoms with Crippen molar-refractivity contribution in [1.82, 2.24) is 5.32 Å².